The van der Waals surface area contributed by atoms with Crippen LogP contribution in [0.2, 0.25) is 0 Å². The quantitative estimate of drug-likeness (QED) is 0.597. The molecule has 4 N–H and O–H groups in total. The van der Waals surface area contributed by atoms with Gasteiger partial charge in [-0.05, 0) is 31.5 Å². The smallest absolute Gasteiger partial charge is 0.241 e. The van der Waals surface area contributed by atoms with Crippen molar-refractivity contribution in [2.75, 3.05) is 13.6 Å². The maximum atomic E-state index is 12.2. The molecule has 1 aromatic rings. The molecule has 0 aliphatic heterocycles. The molecular weight excluding hydrogens is 278 g/mol. The van der Waals surface area contributed by atoms with E-state index in [0.717, 1.165) is 6.42 Å². The van der Waals surface area contributed by atoms with Crippen LogP contribution in [0.5, 0.6) is 0 Å². The maximum Gasteiger partial charge on any atom is 0.241 e. The molecule has 0 unspecified atom stereocenters. The lowest BCUT2D eigenvalue weighted by Gasteiger charge is -2.17. The lowest BCUT2D eigenvalue weighted by Crippen LogP contribution is -2.45. The number of nitrogens with two attached hydrogens (primary N) is 1. The molecule has 112 valence electrons. The van der Waals surface area contributed by atoms with Crippen LogP contribution in [-0.4, -0.2) is 34.0 Å². The first-order valence-electron chi connectivity index (χ1n) is 6.50. The minimum absolute atomic E-state index is 0.146. The van der Waals surface area contributed by atoms with Crippen LogP contribution in [0, 0.1) is 0 Å². The van der Waals surface area contributed by atoms with Crippen molar-refractivity contribution in [3.8, 4) is 0 Å². The van der Waals surface area contributed by atoms with Crippen LogP contribution < -0.4 is 15.8 Å². The fraction of sp³-hybridized carbons (Fsp3) is 0.462. The lowest BCUT2D eigenvalue weighted by atomic mass is 10.1. The number of carbonyl (C=O) groups is 1. The van der Waals surface area contributed by atoms with Crippen LogP contribution in [0.15, 0.2) is 35.2 Å². The second kappa shape index (κ2) is 7.98. The molecule has 0 aliphatic carbocycles. The van der Waals surface area contributed by atoms with Gasteiger partial charge in [-0.2, -0.15) is 4.72 Å². The number of unbranched alkanes of at least 4 members (excludes halogenated alkanes) is 1. The van der Waals surface area contributed by atoms with Crippen molar-refractivity contribution in [2.45, 2.75) is 30.2 Å². The van der Waals surface area contributed by atoms with Gasteiger partial charge in [-0.25, -0.2) is 8.42 Å². The number of benzene rings is 1. The molecular formula is C13H21N3O3S. The van der Waals surface area contributed by atoms with Crippen molar-refractivity contribution >= 4 is 15.9 Å². The fourth-order valence-electron chi connectivity index (χ4n) is 1.77. The third-order valence-electron chi connectivity index (χ3n) is 2.86. The first kappa shape index (κ1) is 16.6. The van der Waals surface area contributed by atoms with E-state index >= 15 is 0 Å². The average Bonchev–Trinajstić information content (AvgIpc) is 2.46. The summed E-state index contributed by atoms with van der Waals surface area (Å²) < 4.78 is 26.8. The van der Waals surface area contributed by atoms with E-state index in [0.29, 0.717) is 19.4 Å². The summed E-state index contributed by atoms with van der Waals surface area (Å²) in [5.41, 5.74) is 5.40. The number of hydrogen-bond acceptors (Lipinski definition) is 4. The van der Waals surface area contributed by atoms with Crippen molar-refractivity contribution in [3.05, 3.63) is 30.3 Å². The van der Waals surface area contributed by atoms with Gasteiger partial charge in [0, 0.05) is 7.05 Å². The van der Waals surface area contributed by atoms with E-state index in [1.807, 2.05) is 0 Å². The van der Waals surface area contributed by atoms with Crippen molar-refractivity contribution in [1.29, 1.82) is 0 Å². The highest BCUT2D eigenvalue weighted by Crippen LogP contribution is 2.10. The number of carbonyl (C=O) groups excluding carboxylic acids is 1. The molecule has 0 spiro atoms. The molecule has 0 aliphatic rings. The summed E-state index contributed by atoms with van der Waals surface area (Å²) in [6, 6.07) is 7.20. The maximum absolute atomic E-state index is 12.2. The van der Waals surface area contributed by atoms with Crippen molar-refractivity contribution in [1.82, 2.24) is 10.0 Å². The summed E-state index contributed by atoms with van der Waals surface area (Å²) in [6.07, 6.45) is 1.86. The number of likely N-dealkylation sites (N-methyl/N-ethyl adjacent to an activating group) is 1. The Labute approximate surface area is 119 Å². The van der Waals surface area contributed by atoms with Crippen LogP contribution in [0.4, 0.5) is 0 Å². The summed E-state index contributed by atoms with van der Waals surface area (Å²) >= 11 is 0. The second-order valence-electron chi connectivity index (χ2n) is 4.39. The van der Waals surface area contributed by atoms with Gasteiger partial charge in [0.2, 0.25) is 15.9 Å². The summed E-state index contributed by atoms with van der Waals surface area (Å²) in [5, 5.41) is 2.47. The van der Waals surface area contributed by atoms with Crippen molar-refractivity contribution < 1.29 is 13.2 Å². The topological polar surface area (TPSA) is 101 Å². The molecule has 1 atom stereocenters. The van der Waals surface area contributed by atoms with E-state index in [-0.39, 0.29) is 10.8 Å². The van der Waals surface area contributed by atoms with Gasteiger partial charge in [0.1, 0.15) is 6.04 Å². The van der Waals surface area contributed by atoms with Crippen molar-refractivity contribution in [3.63, 3.8) is 0 Å². The van der Waals surface area contributed by atoms with E-state index in [1.165, 1.54) is 19.2 Å². The zero-order chi connectivity index (χ0) is 15.0. The predicted octanol–water partition coefficient (Wildman–Crippen LogP) is 0.209. The van der Waals surface area contributed by atoms with Gasteiger partial charge in [0.15, 0.2) is 0 Å². The Morgan fingerprint density at radius 2 is 1.90 bits per heavy atom. The summed E-state index contributed by atoms with van der Waals surface area (Å²) in [5.74, 6) is -0.346. The Bertz CT molecular complexity index is 517. The van der Waals surface area contributed by atoms with Crippen LogP contribution in [0.25, 0.3) is 0 Å². The predicted molar refractivity (Wildman–Crippen MR) is 77.5 cm³/mol. The first-order valence-corrected chi connectivity index (χ1v) is 7.98. The van der Waals surface area contributed by atoms with Gasteiger partial charge < -0.3 is 11.1 Å². The summed E-state index contributed by atoms with van der Waals surface area (Å²) in [7, 11) is -2.21. The third-order valence-corrected chi connectivity index (χ3v) is 4.35. The van der Waals surface area contributed by atoms with Gasteiger partial charge in [0.25, 0.3) is 0 Å². The fourth-order valence-corrected chi connectivity index (χ4v) is 3.02. The van der Waals surface area contributed by atoms with E-state index < -0.39 is 16.1 Å². The number of sulfonamides is 1. The summed E-state index contributed by atoms with van der Waals surface area (Å²) in [4.78, 5) is 11.9. The van der Waals surface area contributed by atoms with Gasteiger partial charge in [-0.1, -0.05) is 24.6 Å². The Morgan fingerprint density at radius 3 is 2.45 bits per heavy atom. The third kappa shape index (κ3) is 4.92. The second-order valence-corrected chi connectivity index (χ2v) is 6.10. The SMILES string of the molecule is CNC(=O)[C@H](CCCCN)NS(=O)(=O)c1ccccc1. The van der Waals surface area contributed by atoms with E-state index in [2.05, 4.69) is 10.0 Å². The molecule has 0 aromatic heterocycles. The number of hydrogen-bond donors (Lipinski definition) is 3. The number of nitrogens with one attached hydrogen (secondary N) is 2. The van der Waals surface area contributed by atoms with E-state index in [1.54, 1.807) is 18.2 Å². The van der Waals surface area contributed by atoms with Crippen LogP contribution in [0.3, 0.4) is 0 Å². The largest absolute Gasteiger partial charge is 0.358 e. The standard InChI is InChI=1S/C13H21N3O3S/c1-15-13(17)12(9-5-6-10-14)16-20(18,19)11-7-3-2-4-8-11/h2-4,7-8,12,16H,5-6,9-10,14H2,1H3,(H,15,17)/t12-/m0/s1. The summed E-state index contributed by atoms with van der Waals surface area (Å²) in [6.45, 7) is 0.520. The van der Waals surface area contributed by atoms with Gasteiger partial charge in [-0.3, -0.25) is 4.79 Å². The molecule has 0 heterocycles. The van der Waals surface area contributed by atoms with Gasteiger partial charge in [0.05, 0.1) is 4.90 Å². The normalized spacial score (nSPS) is 12.9. The zero-order valence-corrected chi connectivity index (χ0v) is 12.3. The van der Waals surface area contributed by atoms with E-state index in [4.69, 9.17) is 5.73 Å². The highest BCUT2D eigenvalue weighted by Gasteiger charge is 2.24. The Morgan fingerprint density at radius 1 is 1.25 bits per heavy atom. The van der Waals surface area contributed by atoms with Crippen LogP contribution in [-0.2, 0) is 14.8 Å². The first-order chi connectivity index (χ1) is 9.51. The molecule has 0 bridgehead atoms. The number of amides is 1. The molecule has 20 heavy (non-hydrogen) atoms. The highest BCUT2D eigenvalue weighted by molar-refractivity contribution is 7.89. The zero-order valence-electron chi connectivity index (χ0n) is 11.5. The minimum Gasteiger partial charge on any atom is -0.358 e. The average molecular weight is 299 g/mol. The monoisotopic (exact) mass is 299 g/mol. The Kier molecular flexibility index (Phi) is 6.63. The molecule has 7 heteroatoms. The molecule has 6 nitrogen and oxygen atoms in total. The van der Waals surface area contributed by atoms with Gasteiger partial charge >= 0.3 is 0 Å². The molecule has 1 amide bonds. The molecule has 0 saturated heterocycles. The molecule has 1 rings (SSSR count). The molecule has 0 radical (unpaired) electrons. The Balaban J connectivity index is 2.80. The Hall–Kier alpha value is -1.44. The highest BCUT2D eigenvalue weighted by atomic mass is 32.2. The molecule has 0 fully saturated rings. The van der Waals surface area contributed by atoms with Crippen LogP contribution in [0.1, 0.15) is 19.3 Å². The van der Waals surface area contributed by atoms with Crippen LogP contribution >= 0.6 is 0 Å². The van der Waals surface area contributed by atoms with Gasteiger partial charge in [-0.15, -0.1) is 0 Å². The number of rotatable bonds is 8. The van der Waals surface area contributed by atoms with E-state index in [9.17, 15) is 13.2 Å². The lowest BCUT2D eigenvalue weighted by molar-refractivity contribution is -0.122. The minimum atomic E-state index is -3.69. The molecule has 1 aromatic carbocycles. The molecule has 0 saturated carbocycles. The van der Waals surface area contributed by atoms with Crippen molar-refractivity contribution in [2.24, 2.45) is 5.73 Å².